The SMILES string of the molecule is COc1ccccc1CN1C(=O)c2cc3sccc3n2C[C@]1(C)C(=O)NC1CCCCCC1. The number of para-hydroxylation sites is 1. The highest BCUT2D eigenvalue weighted by Crippen LogP contribution is 2.36. The summed E-state index contributed by atoms with van der Waals surface area (Å²) in [6, 6.07) is 11.9. The molecule has 3 aromatic rings. The van der Waals surface area contributed by atoms with E-state index in [0.717, 1.165) is 47.2 Å². The Morgan fingerprint density at radius 3 is 2.70 bits per heavy atom. The molecule has 0 saturated heterocycles. The highest BCUT2D eigenvalue weighted by molar-refractivity contribution is 7.17. The number of fused-ring (bicyclic) bond motifs is 3. The standard InChI is InChI=1S/C26H31N3O3S/c1-26(25(31)27-19-10-5-3-4-6-11-19)17-28-20-13-14-33-23(20)15-21(28)24(30)29(26)16-18-9-7-8-12-22(18)32-2/h7-9,12-15,19H,3-6,10-11,16-17H2,1-2H3,(H,27,31)/t26-/m1/s1. The molecule has 33 heavy (non-hydrogen) atoms. The van der Waals surface area contributed by atoms with Gasteiger partial charge in [-0.25, -0.2) is 0 Å². The zero-order valence-corrected chi connectivity index (χ0v) is 20.1. The Hall–Kier alpha value is -2.80. The van der Waals surface area contributed by atoms with Gasteiger partial charge in [0.25, 0.3) is 5.91 Å². The van der Waals surface area contributed by atoms with Crippen molar-refractivity contribution in [3.05, 3.63) is 53.0 Å². The number of methoxy groups -OCH3 is 1. The van der Waals surface area contributed by atoms with E-state index in [-0.39, 0.29) is 17.9 Å². The molecule has 2 amide bonds. The van der Waals surface area contributed by atoms with Crippen LogP contribution >= 0.6 is 11.3 Å². The molecule has 1 fully saturated rings. The largest absolute Gasteiger partial charge is 0.496 e. The van der Waals surface area contributed by atoms with Crippen LogP contribution in [0.1, 0.15) is 61.5 Å². The number of hydrogen-bond acceptors (Lipinski definition) is 4. The molecular formula is C26H31N3O3S. The number of carbonyl (C=O) groups is 2. The van der Waals surface area contributed by atoms with E-state index in [9.17, 15) is 9.59 Å². The zero-order valence-electron chi connectivity index (χ0n) is 19.3. The van der Waals surface area contributed by atoms with Gasteiger partial charge in [-0.2, -0.15) is 0 Å². The van der Waals surface area contributed by atoms with E-state index in [1.165, 1.54) is 12.8 Å². The van der Waals surface area contributed by atoms with Crippen LogP contribution in [0, 0.1) is 0 Å². The fraction of sp³-hybridized carbons (Fsp3) is 0.462. The lowest BCUT2D eigenvalue weighted by molar-refractivity contribution is -0.134. The quantitative estimate of drug-likeness (QED) is 0.542. The van der Waals surface area contributed by atoms with Gasteiger partial charge in [0.15, 0.2) is 0 Å². The maximum absolute atomic E-state index is 13.9. The van der Waals surface area contributed by atoms with Gasteiger partial charge in [0.05, 0.1) is 30.4 Å². The Balaban J connectivity index is 1.53. The van der Waals surface area contributed by atoms with Gasteiger partial charge in [-0.1, -0.05) is 43.9 Å². The van der Waals surface area contributed by atoms with Crippen molar-refractivity contribution in [3.8, 4) is 5.75 Å². The number of thiophene rings is 1. The van der Waals surface area contributed by atoms with Crippen molar-refractivity contribution in [2.45, 2.75) is 70.1 Å². The van der Waals surface area contributed by atoms with Crippen LogP contribution in [-0.2, 0) is 17.9 Å². The third-order valence-corrected chi connectivity index (χ3v) is 8.10. The third-order valence-electron chi connectivity index (χ3n) is 7.25. The molecule has 0 radical (unpaired) electrons. The Labute approximate surface area is 198 Å². The van der Waals surface area contributed by atoms with Gasteiger partial charge in [0.2, 0.25) is 5.91 Å². The van der Waals surface area contributed by atoms with Crippen LogP contribution in [0.4, 0.5) is 0 Å². The summed E-state index contributed by atoms with van der Waals surface area (Å²) in [5.74, 6) is 0.535. The van der Waals surface area contributed by atoms with Gasteiger partial charge in [0, 0.05) is 11.6 Å². The van der Waals surface area contributed by atoms with Crippen LogP contribution in [0.3, 0.4) is 0 Å². The first kappa shape index (κ1) is 22.0. The first-order valence-corrected chi connectivity index (χ1v) is 12.7. The number of benzene rings is 1. The number of nitrogens with zero attached hydrogens (tertiary/aromatic N) is 2. The predicted molar refractivity (Wildman–Crippen MR) is 131 cm³/mol. The van der Waals surface area contributed by atoms with E-state index < -0.39 is 5.54 Å². The molecule has 1 saturated carbocycles. The molecule has 3 heterocycles. The van der Waals surface area contributed by atoms with Crippen molar-refractivity contribution < 1.29 is 14.3 Å². The van der Waals surface area contributed by atoms with E-state index in [1.807, 2.05) is 53.3 Å². The maximum Gasteiger partial charge on any atom is 0.271 e. The van der Waals surface area contributed by atoms with Crippen molar-refractivity contribution in [1.29, 1.82) is 0 Å². The number of ether oxygens (including phenoxy) is 1. The summed E-state index contributed by atoms with van der Waals surface area (Å²) in [7, 11) is 1.63. The average Bonchev–Trinajstić information content (AvgIpc) is 3.31. The number of carbonyl (C=O) groups excluding carboxylic acids is 2. The molecule has 1 N–H and O–H groups in total. The highest BCUT2D eigenvalue weighted by atomic mass is 32.1. The average molecular weight is 466 g/mol. The van der Waals surface area contributed by atoms with E-state index in [1.54, 1.807) is 23.3 Å². The molecule has 2 aromatic heterocycles. The van der Waals surface area contributed by atoms with Crippen LogP contribution < -0.4 is 10.1 Å². The van der Waals surface area contributed by atoms with Crippen LogP contribution in [0.25, 0.3) is 10.2 Å². The summed E-state index contributed by atoms with van der Waals surface area (Å²) in [6.07, 6.45) is 6.75. The third kappa shape index (κ3) is 3.92. The summed E-state index contributed by atoms with van der Waals surface area (Å²) in [5, 5.41) is 5.36. The zero-order chi connectivity index (χ0) is 23.0. The molecule has 1 aromatic carbocycles. The molecule has 1 aliphatic heterocycles. The van der Waals surface area contributed by atoms with Gasteiger partial charge in [-0.05, 0) is 43.3 Å². The molecule has 2 aliphatic rings. The summed E-state index contributed by atoms with van der Waals surface area (Å²) in [5.41, 5.74) is 1.55. The Morgan fingerprint density at radius 2 is 1.94 bits per heavy atom. The molecule has 0 spiro atoms. The van der Waals surface area contributed by atoms with Gasteiger partial charge in [-0.15, -0.1) is 11.3 Å². The second-order valence-electron chi connectivity index (χ2n) is 9.42. The van der Waals surface area contributed by atoms with Gasteiger partial charge < -0.3 is 19.5 Å². The minimum atomic E-state index is -1.01. The monoisotopic (exact) mass is 465 g/mol. The van der Waals surface area contributed by atoms with Crippen LogP contribution in [-0.4, -0.2) is 40.0 Å². The van der Waals surface area contributed by atoms with Crippen molar-refractivity contribution in [3.63, 3.8) is 0 Å². The lowest BCUT2D eigenvalue weighted by Crippen LogP contribution is -2.64. The maximum atomic E-state index is 13.9. The number of rotatable bonds is 5. The smallest absolute Gasteiger partial charge is 0.271 e. The van der Waals surface area contributed by atoms with Gasteiger partial charge in [-0.3, -0.25) is 9.59 Å². The van der Waals surface area contributed by atoms with Gasteiger partial charge >= 0.3 is 0 Å². The molecule has 7 heteroatoms. The van der Waals surface area contributed by atoms with E-state index in [4.69, 9.17) is 4.74 Å². The first-order valence-electron chi connectivity index (χ1n) is 11.8. The van der Waals surface area contributed by atoms with E-state index in [0.29, 0.717) is 18.8 Å². The van der Waals surface area contributed by atoms with E-state index >= 15 is 0 Å². The molecule has 0 unspecified atom stereocenters. The van der Waals surface area contributed by atoms with Gasteiger partial charge in [0.1, 0.15) is 17.0 Å². The number of amides is 2. The molecule has 174 valence electrons. The number of hydrogen-bond donors (Lipinski definition) is 1. The fourth-order valence-electron chi connectivity index (χ4n) is 5.29. The van der Waals surface area contributed by atoms with E-state index in [2.05, 4.69) is 5.32 Å². The summed E-state index contributed by atoms with van der Waals surface area (Å²) >= 11 is 1.62. The Kier molecular flexibility index (Phi) is 5.91. The molecule has 6 nitrogen and oxygen atoms in total. The van der Waals surface area contributed by atoms with Crippen molar-refractivity contribution in [2.24, 2.45) is 0 Å². The van der Waals surface area contributed by atoms with Crippen molar-refractivity contribution in [1.82, 2.24) is 14.8 Å². The Morgan fingerprint density at radius 1 is 1.18 bits per heavy atom. The summed E-state index contributed by atoms with van der Waals surface area (Å²) in [6.45, 7) is 2.66. The summed E-state index contributed by atoms with van der Waals surface area (Å²) in [4.78, 5) is 29.5. The Bertz CT molecular complexity index is 1170. The lowest BCUT2D eigenvalue weighted by Gasteiger charge is -2.44. The first-order chi connectivity index (χ1) is 16.0. The predicted octanol–water partition coefficient (Wildman–Crippen LogP) is 4.97. The minimum Gasteiger partial charge on any atom is -0.496 e. The second-order valence-corrected chi connectivity index (χ2v) is 10.4. The van der Waals surface area contributed by atoms with Crippen LogP contribution in [0.2, 0.25) is 0 Å². The lowest BCUT2D eigenvalue weighted by atomic mass is 9.92. The molecular weight excluding hydrogens is 434 g/mol. The van der Waals surface area contributed by atoms with Crippen molar-refractivity contribution in [2.75, 3.05) is 7.11 Å². The highest BCUT2D eigenvalue weighted by Gasteiger charge is 2.48. The normalized spacial score (nSPS) is 21.6. The second kappa shape index (κ2) is 8.86. The fourth-order valence-corrected chi connectivity index (χ4v) is 6.11. The van der Waals surface area contributed by atoms with Crippen LogP contribution in [0.15, 0.2) is 41.8 Å². The number of nitrogens with one attached hydrogen (secondary N) is 1. The van der Waals surface area contributed by atoms with Crippen LogP contribution in [0.5, 0.6) is 5.75 Å². The molecule has 5 rings (SSSR count). The minimum absolute atomic E-state index is 0.0691. The molecule has 1 atom stereocenters. The van der Waals surface area contributed by atoms with Crippen molar-refractivity contribution >= 4 is 33.4 Å². The summed E-state index contributed by atoms with van der Waals surface area (Å²) < 4.78 is 8.65. The molecule has 0 bridgehead atoms. The molecule has 1 aliphatic carbocycles. The number of aromatic nitrogens is 1. The topological polar surface area (TPSA) is 63.6 Å².